The van der Waals surface area contributed by atoms with Crippen molar-refractivity contribution in [2.45, 2.75) is 40.2 Å². The first-order chi connectivity index (χ1) is 17.4. The lowest BCUT2D eigenvalue weighted by Crippen LogP contribution is -2.46. The zero-order valence-corrected chi connectivity index (χ0v) is 20.7. The van der Waals surface area contributed by atoms with Crippen LogP contribution in [0.1, 0.15) is 48.0 Å². The highest BCUT2D eigenvalue weighted by Crippen LogP contribution is 2.39. The predicted octanol–water partition coefficient (Wildman–Crippen LogP) is 6.76. The van der Waals surface area contributed by atoms with E-state index in [-0.39, 0.29) is 11.8 Å². The number of nitrogens with one attached hydrogen (secondary N) is 1. The Morgan fingerprint density at radius 3 is 2.36 bits per heavy atom. The van der Waals surface area contributed by atoms with E-state index in [1.54, 1.807) is 17.0 Å². The molecule has 5 rings (SSSR count). The monoisotopic (exact) mass is 482 g/mol. The fraction of sp³-hybridized carbons (Fsp3) is 0.207. The molecule has 1 aromatic heterocycles. The quantitative estimate of drug-likeness (QED) is 0.341. The van der Waals surface area contributed by atoms with Gasteiger partial charge in [-0.25, -0.2) is 9.18 Å². The number of urea groups is 1. The second kappa shape index (κ2) is 9.41. The molecule has 6 nitrogen and oxygen atoms in total. The highest BCUT2D eigenvalue weighted by molar-refractivity contribution is 6.01. The number of carbonyl (C=O) groups is 1. The van der Waals surface area contributed by atoms with Gasteiger partial charge in [0.25, 0.3) is 5.89 Å². The molecule has 1 aliphatic heterocycles. The Balaban J connectivity index is 1.65. The average molecular weight is 483 g/mol. The SMILES string of the molecule is CCc1ccc(N2C(=O)NC(c3ccc(C)c(C)c3)C(c3nc(-c4ccc(F)cc4)no3)=C2C)cc1. The van der Waals surface area contributed by atoms with Crippen molar-refractivity contribution in [1.82, 2.24) is 15.5 Å². The van der Waals surface area contributed by atoms with Crippen molar-refractivity contribution in [2.75, 3.05) is 4.90 Å². The molecule has 0 saturated heterocycles. The minimum absolute atomic E-state index is 0.234. The van der Waals surface area contributed by atoms with E-state index >= 15 is 0 Å². The topological polar surface area (TPSA) is 71.3 Å². The van der Waals surface area contributed by atoms with Crippen LogP contribution >= 0.6 is 0 Å². The zero-order valence-electron chi connectivity index (χ0n) is 20.7. The maximum absolute atomic E-state index is 13.4. The molecule has 1 N–H and O–H groups in total. The largest absolute Gasteiger partial charge is 0.334 e. The number of nitrogens with zero attached hydrogens (tertiary/aromatic N) is 3. The summed E-state index contributed by atoms with van der Waals surface area (Å²) in [5.41, 5.74) is 7.18. The van der Waals surface area contributed by atoms with Gasteiger partial charge in [0.1, 0.15) is 5.82 Å². The Labute approximate surface area is 209 Å². The molecule has 0 bridgehead atoms. The van der Waals surface area contributed by atoms with E-state index in [1.807, 2.05) is 50.2 Å². The molecule has 3 aromatic carbocycles. The summed E-state index contributed by atoms with van der Waals surface area (Å²) in [4.78, 5) is 19.7. The maximum atomic E-state index is 13.4. The van der Waals surface area contributed by atoms with Gasteiger partial charge < -0.3 is 9.84 Å². The van der Waals surface area contributed by atoms with Crippen LogP contribution < -0.4 is 10.2 Å². The van der Waals surface area contributed by atoms with Crippen LogP contribution in [0.3, 0.4) is 0 Å². The lowest BCUT2D eigenvalue weighted by molar-refractivity contribution is 0.244. The Morgan fingerprint density at radius 2 is 1.69 bits per heavy atom. The van der Waals surface area contributed by atoms with Crippen molar-refractivity contribution in [3.05, 3.63) is 106 Å². The number of rotatable bonds is 5. The van der Waals surface area contributed by atoms with Crippen LogP contribution in [0.4, 0.5) is 14.9 Å². The first-order valence-corrected chi connectivity index (χ1v) is 11.9. The molecule has 36 heavy (non-hydrogen) atoms. The van der Waals surface area contributed by atoms with Crippen molar-refractivity contribution in [3.63, 3.8) is 0 Å². The number of benzene rings is 3. The van der Waals surface area contributed by atoms with Crippen molar-refractivity contribution in [2.24, 2.45) is 0 Å². The summed E-state index contributed by atoms with van der Waals surface area (Å²) in [5.74, 6) is 0.306. The molecule has 4 aromatic rings. The first kappa shape index (κ1) is 23.5. The van der Waals surface area contributed by atoms with Crippen LogP contribution in [-0.2, 0) is 6.42 Å². The lowest BCUT2D eigenvalue weighted by atomic mass is 9.92. The maximum Gasteiger partial charge on any atom is 0.326 e. The minimum atomic E-state index is -0.482. The summed E-state index contributed by atoms with van der Waals surface area (Å²) in [6.07, 6.45) is 0.912. The molecule has 7 heteroatoms. The number of halogens is 1. The first-order valence-electron chi connectivity index (χ1n) is 11.9. The van der Waals surface area contributed by atoms with E-state index in [1.165, 1.54) is 17.7 Å². The number of carbonyl (C=O) groups excluding carboxylic acids is 1. The number of anilines is 1. The molecule has 0 aliphatic carbocycles. The van der Waals surface area contributed by atoms with Crippen molar-refractivity contribution < 1.29 is 13.7 Å². The van der Waals surface area contributed by atoms with Crippen LogP contribution in [0.15, 0.2) is 77.0 Å². The average Bonchev–Trinajstić information content (AvgIpc) is 3.36. The Morgan fingerprint density at radius 1 is 0.972 bits per heavy atom. The van der Waals surface area contributed by atoms with Crippen molar-refractivity contribution >= 4 is 17.3 Å². The van der Waals surface area contributed by atoms with E-state index in [2.05, 4.69) is 35.4 Å². The van der Waals surface area contributed by atoms with Crippen LogP contribution in [0.2, 0.25) is 0 Å². The second-order valence-electron chi connectivity index (χ2n) is 9.01. The van der Waals surface area contributed by atoms with Gasteiger partial charge in [-0.15, -0.1) is 0 Å². The van der Waals surface area contributed by atoms with Crippen LogP contribution in [0.5, 0.6) is 0 Å². The van der Waals surface area contributed by atoms with Crippen molar-refractivity contribution in [3.8, 4) is 11.4 Å². The van der Waals surface area contributed by atoms with E-state index in [0.717, 1.165) is 28.8 Å². The number of aromatic nitrogens is 2. The number of aryl methyl sites for hydroxylation is 3. The molecule has 1 unspecified atom stereocenters. The summed E-state index contributed by atoms with van der Waals surface area (Å²) < 4.78 is 19.2. The smallest absolute Gasteiger partial charge is 0.326 e. The molecular formula is C29H27FN4O2. The van der Waals surface area contributed by atoms with Crippen LogP contribution in [-0.4, -0.2) is 16.2 Å². The van der Waals surface area contributed by atoms with Gasteiger partial charge in [-0.1, -0.05) is 42.4 Å². The van der Waals surface area contributed by atoms with Crippen LogP contribution in [0.25, 0.3) is 17.0 Å². The van der Waals surface area contributed by atoms with Crippen LogP contribution in [0, 0.1) is 19.7 Å². The molecule has 1 aliphatic rings. The van der Waals surface area contributed by atoms with E-state index in [0.29, 0.717) is 28.5 Å². The Hall–Kier alpha value is -4.26. The summed E-state index contributed by atoms with van der Waals surface area (Å²) in [5, 5.41) is 7.29. The molecular weight excluding hydrogens is 455 g/mol. The molecule has 2 amide bonds. The summed E-state index contributed by atoms with van der Waals surface area (Å²) >= 11 is 0. The molecule has 1 atom stereocenters. The summed E-state index contributed by atoms with van der Waals surface area (Å²) in [6, 6.07) is 19.2. The van der Waals surface area contributed by atoms with Gasteiger partial charge in [-0.2, -0.15) is 4.98 Å². The normalized spacial score (nSPS) is 15.9. The Bertz CT molecular complexity index is 1460. The summed E-state index contributed by atoms with van der Waals surface area (Å²) in [7, 11) is 0. The molecule has 2 heterocycles. The molecule has 0 spiro atoms. The third-order valence-corrected chi connectivity index (χ3v) is 6.71. The highest BCUT2D eigenvalue weighted by Gasteiger charge is 2.36. The minimum Gasteiger partial charge on any atom is -0.334 e. The predicted molar refractivity (Wildman–Crippen MR) is 138 cm³/mol. The number of amides is 2. The van der Waals surface area contributed by atoms with Crippen molar-refractivity contribution in [1.29, 1.82) is 0 Å². The summed E-state index contributed by atoms with van der Waals surface area (Å²) in [6.45, 7) is 8.07. The standard InChI is InChI=1S/C29H27FN4O2/c1-5-20-7-14-24(15-8-20)34-19(4)25(26(31-29(34)35)22-9-6-17(2)18(3)16-22)28-32-27(33-36-28)21-10-12-23(30)13-11-21/h6-16,26H,5H2,1-4H3,(H,31,35). The number of hydrogen-bond acceptors (Lipinski definition) is 4. The van der Waals surface area contributed by atoms with Gasteiger partial charge >= 0.3 is 6.03 Å². The molecule has 0 saturated carbocycles. The van der Waals surface area contributed by atoms with E-state index in [9.17, 15) is 9.18 Å². The lowest BCUT2D eigenvalue weighted by Gasteiger charge is -2.35. The third-order valence-electron chi connectivity index (χ3n) is 6.71. The van der Waals surface area contributed by atoms with E-state index < -0.39 is 6.04 Å². The van der Waals surface area contributed by atoms with Gasteiger partial charge in [-0.3, -0.25) is 4.90 Å². The van der Waals surface area contributed by atoms with Gasteiger partial charge in [0.15, 0.2) is 0 Å². The number of hydrogen-bond donors (Lipinski definition) is 1. The zero-order chi connectivity index (χ0) is 25.4. The third kappa shape index (κ3) is 4.28. The Kier molecular flexibility index (Phi) is 6.14. The fourth-order valence-corrected chi connectivity index (χ4v) is 4.45. The van der Waals surface area contributed by atoms with Gasteiger partial charge in [-0.05, 0) is 85.8 Å². The molecule has 0 fully saturated rings. The molecule has 182 valence electrons. The highest BCUT2D eigenvalue weighted by atomic mass is 19.1. The van der Waals surface area contributed by atoms with Gasteiger partial charge in [0, 0.05) is 11.3 Å². The number of allylic oxidation sites excluding steroid dienone is 1. The van der Waals surface area contributed by atoms with E-state index in [4.69, 9.17) is 4.52 Å². The molecule has 0 radical (unpaired) electrons. The fourth-order valence-electron chi connectivity index (χ4n) is 4.45. The van der Waals surface area contributed by atoms with Gasteiger partial charge in [0.2, 0.25) is 5.82 Å². The van der Waals surface area contributed by atoms with Gasteiger partial charge in [0.05, 0.1) is 17.3 Å². The second-order valence-corrected chi connectivity index (χ2v) is 9.01.